The summed E-state index contributed by atoms with van der Waals surface area (Å²) in [7, 11) is -1.79. The molecule has 0 radical (unpaired) electrons. The summed E-state index contributed by atoms with van der Waals surface area (Å²) in [6.45, 7) is 0.114. The Hall–Kier alpha value is -7.95. The first-order chi connectivity index (χ1) is 37.6. The zero-order valence-electron chi connectivity index (χ0n) is 44.0. The Bertz CT molecular complexity index is 3450. The molecule has 5 heterocycles. The van der Waals surface area contributed by atoms with E-state index in [4.69, 9.17) is 5.73 Å². The fourth-order valence-corrected chi connectivity index (χ4v) is 12.6. The highest BCUT2D eigenvalue weighted by Gasteiger charge is 2.46. The quantitative estimate of drug-likeness (QED) is 0.0543. The number of hydrogen-bond donors (Lipinski definition) is 6. The number of ketones is 1. The van der Waals surface area contributed by atoms with Gasteiger partial charge in [0.25, 0.3) is 0 Å². The zero-order valence-corrected chi connectivity index (χ0v) is 44.9. The summed E-state index contributed by atoms with van der Waals surface area (Å²) >= 11 is 0. The minimum atomic E-state index is -3.46. The molecule has 22 nitrogen and oxygen atoms in total. The molecule has 5 aromatic rings. The molecule has 418 valence electrons. The third-order valence-corrected chi connectivity index (χ3v) is 17.4. The SMILES string of the molecule is Cn1c(=O)n(C2CCC(=O)NC2=O)c2ccc(CC3CCC(CC(=O)N4CC[C@H]5CC[C@@H](C(=O)N[C@@H](CCC(N)=O)C(=O)NCc6ccc(S(C)(=O)=O)cc6)N5C(=O)[C@@H](CC(=O)c5cc6cc(C(=O)O)ccc6[nH]5)C4)CC3)cc21. The van der Waals surface area contributed by atoms with Crippen LogP contribution in [0.2, 0.25) is 0 Å². The third kappa shape index (κ3) is 12.5. The van der Waals surface area contributed by atoms with E-state index < -0.39 is 81.2 Å². The Labute approximate surface area is 454 Å². The number of aromatic amines is 1. The molecule has 0 spiro atoms. The van der Waals surface area contributed by atoms with Crippen LogP contribution in [0.1, 0.15) is 121 Å². The van der Waals surface area contributed by atoms with E-state index in [-0.39, 0.29) is 104 Å². The number of aryl methyl sites for hydroxylation is 1. The van der Waals surface area contributed by atoms with E-state index in [0.29, 0.717) is 46.3 Å². The van der Waals surface area contributed by atoms with Crippen molar-refractivity contribution in [3.8, 4) is 0 Å². The van der Waals surface area contributed by atoms with E-state index in [9.17, 15) is 56.7 Å². The van der Waals surface area contributed by atoms with Gasteiger partial charge < -0.3 is 36.3 Å². The van der Waals surface area contributed by atoms with Crippen molar-refractivity contribution in [3.63, 3.8) is 0 Å². The molecule has 4 fully saturated rings. The summed E-state index contributed by atoms with van der Waals surface area (Å²) in [6.07, 6.45) is 5.93. The second-order valence-electron chi connectivity index (χ2n) is 21.7. The van der Waals surface area contributed by atoms with Gasteiger partial charge in [-0.05, 0) is 136 Å². The lowest BCUT2D eigenvalue weighted by molar-refractivity contribution is -0.148. The molecule has 4 aliphatic rings. The number of carboxylic acids is 1. The van der Waals surface area contributed by atoms with E-state index in [0.717, 1.165) is 43.9 Å². The van der Waals surface area contributed by atoms with Crippen molar-refractivity contribution in [2.45, 2.75) is 125 Å². The molecule has 7 amide bonds. The molecule has 3 aliphatic heterocycles. The van der Waals surface area contributed by atoms with E-state index in [1.165, 1.54) is 44.4 Å². The van der Waals surface area contributed by atoms with Gasteiger partial charge in [0.05, 0.1) is 33.1 Å². The molecule has 1 unspecified atom stereocenters. The third-order valence-electron chi connectivity index (χ3n) is 16.3. The van der Waals surface area contributed by atoms with Gasteiger partial charge >= 0.3 is 11.7 Å². The number of aromatic nitrogens is 3. The molecule has 1 saturated carbocycles. The second-order valence-corrected chi connectivity index (χ2v) is 23.7. The highest BCUT2D eigenvalue weighted by atomic mass is 32.2. The number of nitrogens with one attached hydrogen (secondary N) is 4. The monoisotopic (exact) mass is 1100 g/mol. The number of sulfone groups is 1. The number of nitrogens with two attached hydrogens (primary N) is 1. The lowest BCUT2D eigenvalue weighted by atomic mass is 9.78. The van der Waals surface area contributed by atoms with Gasteiger partial charge in [-0.2, -0.15) is 0 Å². The standard InChI is InChI=1S/C56H65N9O13S/c1-62-46-24-34(9-16-43(46)65(56(62)76)45-18-20-49(68)61-53(45)72)23-31-3-5-32(6-4-31)25-50(69)63-22-21-38-11-17-44(52(71)60-41(15-19-48(57)67)51(70)58-29-33-7-12-39(13-8-33)79(2,77)78)64(38)54(73)37(30-63)28-47(66)42-27-36-26-35(55(74)75)10-14-40(36)59-42/h7-10,12-14,16,24,26-27,31-32,37-38,41,44-45,59H,3-6,11,15,17-23,25,28-30H2,1-2H3,(H2,57,67)(H,58,70)(H,60,71)(H,74,75)(H,61,68,72)/t31?,32?,37-,38+,41-,44-,45?/m0/s1. The summed E-state index contributed by atoms with van der Waals surface area (Å²) < 4.78 is 26.9. The van der Waals surface area contributed by atoms with E-state index >= 15 is 4.79 Å². The lowest BCUT2D eigenvalue weighted by Gasteiger charge is -2.39. The molecule has 1 aliphatic carbocycles. The normalized spacial score (nSPS) is 22.2. The van der Waals surface area contributed by atoms with Crippen LogP contribution in [0.15, 0.2) is 76.4 Å². The molecular weight excluding hydrogens is 1040 g/mol. The number of aromatic carboxylic acids is 1. The van der Waals surface area contributed by atoms with Crippen LogP contribution >= 0.6 is 0 Å². The van der Waals surface area contributed by atoms with Gasteiger partial charge in [-0.15, -0.1) is 0 Å². The van der Waals surface area contributed by atoms with Gasteiger partial charge in [0.2, 0.25) is 41.4 Å². The summed E-state index contributed by atoms with van der Waals surface area (Å²) in [5.41, 5.74) is 8.70. The number of imidazole rings is 1. The molecule has 3 saturated heterocycles. The first kappa shape index (κ1) is 55.8. The van der Waals surface area contributed by atoms with Crippen molar-refractivity contribution in [1.82, 2.24) is 39.9 Å². The summed E-state index contributed by atoms with van der Waals surface area (Å²) in [6, 6.07) is 14.0. The fraction of sp³-hybridized carbons (Fsp3) is 0.464. The Morgan fingerprint density at radius 3 is 2.24 bits per heavy atom. The molecular formula is C56H65N9O13S. The summed E-state index contributed by atoms with van der Waals surface area (Å²) in [5, 5.41) is 17.9. The van der Waals surface area contributed by atoms with Crippen molar-refractivity contribution < 1.29 is 56.7 Å². The molecule has 0 bridgehead atoms. The van der Waals surface area contributed by atoms with Gasteiger partial charge in [-0.25, -0.2) is 18.0 Å². The van der Waals surface area contributed by atoms with Crippen molar-refractivity contribution in [3.05, 3.63) is 99.6 Å². The number of primary amides is 1. The lowest BCUT2D eigenvalue weighted by Crippen LogP contribution is -2.57. The van der Waals surface area contributed by atoms with Crippen molar-refractivity contribution >= 4 is 84.9 Å². The number of carbonyl (C=O) groups is 9. The van der Waals surface area contributed by atoms with E-state index in [1.54, 1.807) is 30.1 Å². The van der Waals surface area contributed by atoms with Crippen LogP contribution < -0.4 is 27.4 Å². The number of benzene rings is 3. The van der Waals surface area contributed by atoms with Crippen LogP contribution in [-0.4, -0.2) is 128 Å². The number of Topliss-reactive ketones (excluding diaryl/α,β-unsaturated/α-hetero) is 1. The van der Waals surface area contributed by atoms with Gasteiger partial charge in [0.15, 0.2) is 15.6 Å². The van der Waals surface area contributed by atoms with Crippen LogP contribution in [0, 0.1) is 17.8 Å². The van der Waals surface area contributed by atoms with Crippen LogP contribution in [0.25, 0.3) is 21.9 Å². The number of nitrogens with zero attached hydrogens (tertiary/aromatic N) is 4. The molecule has 7 N–H and O–H groups in total. The predicted molar refractivity (Wildman–Crippen MR) is 287 cm³/mol. The molecule has 9 rings (SSSR count). The summed E-state index contributed by atoms with van der Waals surface area (Å²) in [4.78, 5) is 139. The van der Waals surface area contributed by atoms with Gasteiger partial charge in [0.1, 0.15) is 18.1 Å². The number of hydrogen-bond acceptors (Lipinski definition) is 12. The average molecular weight is 1100 g/mol. The predicted octanol–water partition coefficient (Wildman–Crippen LogP) is 3.19. The smallest absolute Gasteiger partial charge is 0.335 e. The number of H-pyrrole nitrogens is 1. The molecule has 3 aromatic carbocycles. The van der Waals surface area contributed by atoms with Crippen molar-refractivity contribution in [2.75, 3.05) is 19.3 Å². The average Bonchev–Trinajstić information content (AvgIpc) is 4.33. The maximum atomic E-state index is 15.0. The van der Waals surface area contributed by atoms with E-state index in [2.05, 4.69) is 20.9 Å². The van der Waals surface area contributed by atoms with Gasteiger partial charge in [0, 0.05) is 75.6 Å². The summed E-state index contributed by atoms with van der Waals surface area (Å²) in [5.74, 6) is -5.83. The zero-order chi connectivity index (χ0) is 56.4. The van der Waals surface area contributed by atoms with Crippen LogP contribution in [0.3, 0.4) is 0 Å². The number of amides is 7. The largest absolute Gasteiger partial charge is 0.478 e. The van der Waals surface area contributed by atoms with Gasteiger partial charge in [-0.1, -0.05) is 18.2 Å². The number of fused-ring (bicyclic) bond motifs is 3. The number of piperidine rings is 1. The van der Waals surface area contributed by atoms with Crippen LogP contribution in [-0.2, 0) is 63.4 Å². The number of imide groups is 1. The molecule has 23 heteroatoms. The number of carboxylic acid groups (broad SMARTS) is 1. The number of carbonyl (C=O) groups excluding carboxylic acids is 8. The fourth-order valence-electron chi connectivity index (χ4n) is 11.9. The number of rotatable bonds is 18. The van der Waals surface area contributed by atoms with Gasteiger partial charge in [-0.3, -0.25) is 52.8 Å². The van der Waals surface area contributed by atoms with Crippen LogP contribution in [0.5, 0.6) is 0 Å². The highest BCUT2D eigenvalue weighted by molar-refractivity contribution is 7.90. The van der Waals surface area contributed by atoms with Crippen LogP contribution in [0.4, 0.5) is 0 Å². The molecule has 79 heavy (non-hydrogen) atoms. The minimum Gasteiger partial charge on any atom is -0.478 e. The second kappa shape index (κ2) is 23.2. The van der Waals surface area contributed by atoms with E-state index in [1.807, 2.05) is 18.2 Å². The maximum Gasteiger partial charge on any atom is 0.335 e. The highest BCUT2D eigenvalue weighted by Crippen LogP contribution is 2.36. The Morgan fingerprint density at radius 1 is 0.823 bits per heavy atom. The molecule has 2 aromatic heterocycles. The first-order valence-corrected chi connectivity index (χ1v) is 28.7. The Balaban J connectivity index is 0.876. The topological polar surface area (TPSA) is 319 Å². The molecule has 5 atom stereocenters. The van der Waals surface area contributed by atoms with Crippen molar-refractivity contribution in [1.29, 1.82) is 0 Å². The first-order valence-electron chi connectivity index (χ1n) is 26.8. The minimum absolute atomic E-state index is 0.0238. The Kier molecular flexibility index (Phi) is 16.4. The maximum absolute atomic E-state index is 15.0. The Morgan fingerprint density at radius 2 is 1.54 bits per heavy atom. The van der Waals surface area contributed by atoms with Crippen molar-refractivity contribution in [2.24, 2.45) is 30.5 Å².